The van der Waals surface area contributed by atoms with E-state index in [9.17, 15) is 23.9 Å². The summed E-state index contributed by atoms with van der Waals surface area (Å²) >= 11 is 0. The van der Waals surface area contributed by atoms with E-state index in [1.807, 2.05) is 0 Å². The maximum Gasteiger partial charge on any atom is 1.00 e. The fraction of sp³-hybridized carbons (Fsp3) is 0.167. The molecule has 0 aliphatic heterocycles. The molecule has 2 aromatic carbocycles. The predicted molar refractivity (Wildman–Crippen MR) is 86.8 cm³/mol. The number of carboxylic acid groups (broad SMARTS) is 1. The number of nitrogens with one attached hydrogen (secondary N) is 1. The smallest absolute Gasteiger partial charge is 0.550 e. The molecule has 26 heavy (non-hydrogen) atoms. The Morgan fingerprint density at radius 2 is 1.77 bits per heavy atom. The van der Waals surface area contributed by atoms with Crippen LogP contribution < -0.4 is 45.7 Å². The summed E-state index contributed by atoms with van der Waals surface area (Å²) in [5, 5.41) is 13.7. The third-order valence-electron chi connectivity index (χ3n) is 3.61. The van der Waals surface area contributed by atoms with Gasteiger partial charge in [0.1, 0.15) is 5.82 Å². The van der Waals surface area contributed by atoms with Crippen molar-refractivity contribution in [2.75, 3.05) is 5.32 Å². The summed E-state index contributed by atoms with van der Waals surface area (Å²) in [6, 6.07) is 12.3. The van der Waals surface area contributed by atoms with Crippen LogP contribution in [0.2, 0.25) is 0 Å². The van der Waals surface area contributed by atoms with Crippen molar-refractivity contribution in [3.63, 3.8) is 0 Å². The van der Waals surface area contributed by atoms with Gasteiger partial charge in [-0.05, 0) is 30.2 Å². The molecule has 0 bridgehead atoms. The minimum atomic E-state index is -1.34. The average Bonchev–Trinajstić information content (AvgIpc) is 2.54. The van der Waals surface area contributed by atoms with E-state index < -0.39 is 29.5 Å². The minimum Gasteiger partial charge on any atom is -0.550 e. The molecule has 3 N–H and O–H groups in total. The molecule has 2 aromatic rings. The van der Waals surface area contributed by atoms with Crippen molar-refractivity contribution < 1.29 is 53.4 Å². The Labute approximate surface area is 171 Å². The fourth-order valence-corrected chi connectivity index (χ4v) is 2.37. The van der Waals surface area contributed by atoms with Crippen LogP contribution in [0.1, 0.15) is 22.3 Å². The van der Waals surface area contributed by atoms with Crippen LogP contribution in [0.5, 0.6) is 0 Å². The van der Waals surface area contributed by atoms with Gasteiger partial charge in [0.25, 0.3) is 5.91 Å². The first-order valence-electron chi connectivity index (χ1n) is 7.51. The normalized spacial score (nSPS) is 11.1. The second kappa shape index (κ2) is 10.1. The number of rotatable bonds is 7. The van der Waals surface area contributed by atoms with Crippen LogP contribution in [0, 0.1) is 11.7 Å². The van der Waals surface area contributed by atoms with Gasteiger partial charge in [0.05, 0.1) is 5.56 Å². The SMILES string of the molecule is NC(=O)c1ccc(NC(=O)CC(Cc2ccccc2)C(=O)[O-])cc1F.[Na+]. The first-order valence-corrected chi connectivity index (χ1v) is 7.51. The number of carboxylic acids is 1. The molecule has 0 saturated carbocycles. The number of nitrogens with two attached hydrogens (primary N) is 1. The standard InChI is InChI=1S/C18H17FN2O4.Na/c19-15-10-13(6-7-14(15)17(20)23)21-16(22)9-12(18(24)25)8-11-4-2-1-3-5-11;/h1-7,10,12H,8-9H2,(H2,20,23)(H,21,22)(H,24,25);/q;+1/p-1. The van der Waals surface area contributed by atoms with Gasteiger partial charge in [0.2, 0.25) is 5.91 Å². The molecule has 6 nitrogen and oxygen atoms in total. The number of carbonyl (C=O) groups is 3. The van der Waals surface area contributed by atoms with Crippen LogP contribution in [0.15, 0.2) is 48.5 Å². The van der Waals surface area contributed by atoms with E-state index in [1.165, 1.54) is 6.07 Å². The molecule has 0 radical (unpaired) electrons. The topological polar surface area (TPSA) is 112 Å². The van der Waals surface area contributed by atoms with Crippen LogP contribution in [0.3, 0.4) is 0 Å². The van der Waals surface area contributed by atoms with Crippen molar-refractivity contribution in [3.05, 3.63) is 65.5 Å². The number of hydrogen-bond donors (Lipinski definition) is 2. The summed E-state index contributed by atoms with van der Waals surface area (Å²) in [5.41, 5.74) is 5.57. The Morgan fingerprint density at radius 1 is 1.12 bits per heavy atom. The second-order valence-electron chi connectivity index (χ2n) is 5.52. The summed E-state index contributed by atoms with van der Waals surface area (Å²) in [5.74, 6) is -4.75. The number of amides is 2. The van der Waals surface area contributed by atoms with Crippen molar-refractivity contribution in [1.82, 2.24) is 0 Å². The average molecular weight is 366 g/mol. The zero-order valence-corrected chi connectivity index (χ0v) is 16.2. The molecule has 2 amide bonds. The first-order chi connectivity index (χ1) is 11.9. The van der Waals surface area contributed by atoms with Gasteiger partial charge in [-0.3, -0.25) is 9.59 Å². The Morgan fingerprint density at radius 3 is 2.31 bits per heavy atom. The maximum atomic E-state index is 13.7. The Kier molecular flexibility index (Phi) is 8.44. The third-order valence-corrected chi connectivity index (χ3v) is 3.61. The van der Waals surface area contributed by atoms with Gasteiger partial charge >= 0.3 is 29.6 Å². The Hall–Kier alpha value is -2.22. The van der Waals surface area contributed by atoms with Crippen molar-refractivity contribution in [3.8, 4) is 0 Å². The number of anilines is 1. The van der Waals surface area contributed by atoms with Crippen molar-refractivity contribution in [2.24, 2.45) is 11.7 Å². The number of aliphatic carboxylic acids is 1. The quantitative estimate of drug-likeness (QED) is 0.545. The van der Waals surface area contributed by atoms with Gasteiger partial charge < -0.3 is 21.0 Å². The van der Waals surface area contributed by atoms with Gasteiger partial charge in [-0.1, -0.05) is 30.3 Å². The minimum absolute atomic E-state index is 0. The molecule has 2 rings (SSSR count). The van der Waals surface area contributed by atoms with Crippen LogP contribution in [-0.4, -0.2) is 17.8 Å². The summed E-state index contributed by atoms with van der Waals surface area (Å²) in [6.45, 7) is 0. The third kappa shape index (κ3) is 6.25. The monoisotopic (exact) mass is 366 g/mol. The molecule has 0 saturated heterocycles. The molecule has 0 spiro atoms. The molecule has 0 aliphatic carbocycles. The molecule has 8 heteroatoms. The number of halogens is 1. The van der Waals surface area contributed by atoms with Gasteiger partial charge in [0.15, 0.2) is 0 Å². The van der Waals surface area contributed by atoms with Crippen molar-refractivity contribution >= 4 is 23.5 Å². The number of hydrogen-bond acceptors (Lipinski definition) is 4. The second-order valence-corrected chi connectivity index (χ2v) is 5.52. The van der Waals surface area contributed by atoms with E-state index in [0.717, 1.165) is 17.7 Å². The van der Waals surface area contributed by atoms with E-state index in [1.54, 1.807) is 30.3 Å². The van der Waals surface area contributed by atoms with E-state index in [-0.39, 0.29) is 53.6 Å². The van der Waals surface area contributed by atoms with Gasteiger partial charge in [-0.25, -0.2) is 4.39 Å². The zero-order valence-electron chi connectivity index (χ0n) is 14.2. The molecule has 0 fully saturated rings. The van der Waals surface area contributed by atoms with Crippen LogP contribution in [0.4, 0.5) is 10.1 Å². The number of primary amides is 1. The van der Waals surface area contributed by atoms with Crippen LogP contribution in [0.25, 0.3) is 0 Å². The molecule has 0 aliphatic rings. The first kappa shape index (κ1) is 21.8. The van der Waals surface area contributed by atoms with Crippen LogP contribution in [-0.2, 0) is 16.0 Å². The summed E-state index contributed by atoms with van der Waals surface area (Å²) in [7, 11) is 0. The van der Waals surface area contributed by atoms with Crippen LogP contribution >= 0.6 is 0 Å². The van der Waals surface area contributed by atoms with E-state index in [0.29, 0.717) is 0 Å². The fourth-order valence-electron chi connectivity index (χ4n) is 2.37. The predicted octanol–water partition coefficient (Wildman–Crippen LogP) is -2.13. The van der Waals surface area contributed by atoms with Crippen molar-refractivity contribution in [2.45, 2.75) is 12.8 Å². The number of benzene rings is 2. The number of carbonyl (C=O) groups excluding carboxylic acids is 3. The maximum absolute atomic E-state index is 13.7. The van der Waals surface area contributed by atoms with Gasteiger partial charge in [0, 0.05) is 24.0 Å². The summed E-state index contributed by atoms with van der Waals surface area (Å²) in [4.78, 5) is 34.3. The van der Waals surface area contributed by atoms with Gasteiger partial charge in [-0.2, -0.15) is 0 Å². The molecule has 130 valence electrons. The zero-order chi connectivity index (χ0) is 18.4. The molecule has 0 aromatic heterocycles. The molecular weight excluding hydrogens is 350 g/mol. The summed E-state index contributed by atoms with van der Waals surface area (Å²) in [6.07, 6.45) is -0.179. The van der Waals surface area contributed by atoms with E-state index in [4.69, 9.17) is 5.73 Å². The molecule has 0 heterocycles. The molecular formula is C18H16FN2NaO4. The Bertz CT molecular complexity index is 799. The van der Waals surface area contributed by atoms with E-state index >= 15 is 0 Å². The Balaban J connectivity index is 0.00000338. The summed E-state index contributed by atoms with van der Waals surface area (Å²) < 4.78 is 13.7. The van der Waals surface area contributed by atoms with E-state index in [2.05, 4.69) is 5.32 Å². The molecule has 1 unspecified atom stereocenters. The largest absolute Gasteiger partial charge is 1.00 e. The van der Waals surface area contributed by atoms with Crippen molar-refractivity contribution in [1.29, 1.82) is 0 Å². The molecule has 1 atom stereocenters. The van der Waals surface area contributed by atoms with Gasteiger partial charge in [-0.15, -0.1) is 0 Å².